The summed E-state index contributed by atoms with van der Waals surface area (Å²) in [7, 11) is 0. The van der Waals surface area contributed by atoms with Crippen LogP contribution in [0.15, 0.2) is 10.6 Å². The van der Waals surface area contributed by atoms with Crippen molar-refractivity contribution in [3.8, 4) is 0 Å². The summed E-state index contributed by atoms with van der Waals surface area (Å²) in [6.07, 6.45) is 0.584. The molecule has 0 unspecified atom stereocenters. The van der Waals surface area contributed by atoms with Crippen molar-refractivity contribution >= 4 is 23.8 Å². The summed E-state index contributed by atoms with van der Waals surface area (Å²) in [6.45, 7) is 6.90. The fraction of sp³-hybridized carbons (Fsp3) is 0.625. The molecule has 2 heterocycles. The minimum Gasteiger partial charge on any atom is -0.454 e. The zero-order valence-electron chi connectivity index (χ0n) is 14.8. The molecule has 1 aromatic heterocycles. The standard InChI is InChI=1S/C16H23N3O6/c1-10-8-12(18-25-10)17-13(20)9-23-14(21)11-6-5-7-19(11)15(22)24-16(2,3)4/h8,11H,5-7,9H2,1-4H3,(H,17,18,20)/t11-/m0/s1. The molecular weight excluding hydrogens is 330 g/mol. The van der Waals surface area contributed by atoms with Gasteiger partial charge in [-0.1, -0.05) is 5.16 Å². The van der Waals surface area contributed by atoms with Gasteiger partial charge in [0.2, 0.25) is 0 Å². The van der Waals surface area contributed by atoms with E-state index >= 15 is 0 Å². The van der Waals surface area contributed by atoms with E-state index in [4.69, 9.17) is 14.0 Å². The Morgan fingerprint density at radius 1 is 1.40 bits per heavy atom. The van der Waals surface area contributed by atoms with Crippen LogP contribution in [0.3, 0.4) is 0 Å². The van der Waals surface area contributed by atoms with Crippen molar-refractivity contribution in [2.24, 2.45) is 0 Å². The van der Waals surface area contributed by atoms with E-state index in [1.165, 1.54) is 4.90 Å². The quantitative estimate of drug-likeness (QED) is 0.822. The molecule has 1 aromatic rings. The lowest BCUT2D eigenvalue weighted by atomic mass is 10.2. The maximum atomic E-state index is 12.2. The molecule has 0 saturated carbocycles. The van der Waals surface area contributed by atoms with Gasteiger partial charge in [0.05, 0.1) is 0 Å². The summed E-state index contributed by atoms with van der Waals surface area (Å²) in [4.78, 5) is 37.5. The Morgan fingerprint density at radius 2 is 2.12 bits per heavy atom. The minimum absolute atomic E-state index is 0.245. The first kappa shape index (κ1) is 18.8. The van der Waals surface area contributed by atoms with Gasteiger partial charge in [0.25, 0.3) is 5.91 Å². The highest BCUT2D eigenvalue weighted by molar-refractivity contribution is 5.92. The van der Waals surface area contributed by atoms with Gasteiger partial charge in [-0.3, -0.25) is 9.69 Å². The second-order valence-corrected chi connectivity index (χ2v) is 6.81. The van der Waals surface area contributed by atoms with E-state index < -0.39 is 36.2 Å². The third-order valence-electron chi connectivity index (χ3n) is 3.39. The fourth-order valence-corrected chi connectivity index (χ4v) is 2.39. The first-order valence-electron chi connectivity index (χ1n) is 8.05. The lowest BCUT2D eigenvalue weighted by Crippen LogP contribution is -2.44. The molecular formula is C16H23N3O6. The highest BCUT2D eigenvalue weighted by Gasteiger charge is 2.37. The number of hydrogen-bond acceptors (Lipinski definition) is 7. The van der Waals surface area contributed by atoms with E-state index in [1.807, 2.05) is 0 Å². The van der Waals surface area contributed by atoms with Crippen LogP contribution in [0.25, 0.3) is 0 Å². The summed E-state index contributed by atoms with van der Waals surface area (Å²) < 4.78 is 15.1. The number of anilines is 1. The molecule has 9 nitrogen and oxygen atoms in total. The molecule has 2 rings (SSSR count). The number of rotatable bonds is 4. The van der Waals surface area contributed by atoms with Gasteiger partial charge in [0.1, 0.15) is 17.4 Å². The summed E-state index contributed by atoms with van der Waals surface area (Å²) >= 11 is 0. The SMILES string of the molecule is Cc1cc(NC(=O)COC(=O)[C@@H]2CCCN2C(=O)OC(C)(C)C)no1. The number of aryl methyl sites for hydroxylation is 1. The molecule has 1 N–H and O–H groups in total. The normalized spacial score (nSPS) is 17.3. The predicted octanol–water partition coefficient (Wildman–Crippen LogP) is 1.86. The Balaban J connectivity index is 1.84. The van der Waals surface area contributed by atoms with E-state index in [0.717, 1.165) is 0 Å². The van der Waals surface area contributed by atoms with Crippen LogP contribution in [0.2, 0.25) is 0 Å². The van der Waals surface area contributed by atoms with Crippen LogP contribution in [0.4, 0.5) is 10.6 Å². The number of likely N-dealkylation sites (tertiary alicyclic amines) is 1. The van der Waals surface area contributed by atoms with Crippen LogP contribution in [-0.2, 0) is 19.1 Å². The smallest absolute Gasteiger partial charge is 0.411 e. The number of ether oxygens (including phenoxy) is 2. The molecule has 1 fully saturated rings. The highest BCUT2D eigenvalue weighted by Crippen LogP contribution is 2.21. The Morgan fingerprint density at radius 3 is 2.72 bits per heavy atom. The zero-order chi connectivity index (χ0) is 18.6. The highest BCUT2D eigenvalue weighted by atomic mass is 16.6. The third kappa shape index (κ3) is 5.47. The fourth-order valence-electron chi connectivity index (χ4n) is 2.39. The molecule has 1 saturated heterocycles. The van der Waals surface area contributed by atoms with Crippen molar-refractivity contribution in [1.82, 2.24) is 10.1 Å². The van der Waals surface area contributed by atoms with Crippen molar-refractivity contribution < 1.29 is 28.4 Å². The largest absolute Gasteiger partial charge is 0.454 e. The molecule has 1 aliphatic rings. The van der Waals surface area contributed by atoms with Gasteiger partial charge in [0.15, 0.2) is 12.4 Å². The number of hydrogen-bond donors (Lipinski definition) is 1. The number of carbonyl (C=O) groups is 3. The number of esters is 1. The second-order valence-electron chi connectivity index (χ2n) is 6.81. The lowest BCUT2D eigenvalue weighted by Gasteiger charge is -2.27. The summed E-state index contributed by atoms with van der Waals surface area (Å²) in [5.41, 5.74) is -0.649. The molecule has 1 aliphatic heterocycles. The van der Waals surface area contributed by atoms with Gasteiger partial charge in [-0.05, 0) is 40.5 Å². The zero-order valence-corrected chi connectivity index (χ0v) is 14.8. The molecule has 0 bridgehead atoms. The molecule has 138 valence electrons. The molecule has 0 radical (unpaired) electrons. The van der Waals surface area contributed by atoms with Crippen molar-refractivity contribution in [1.29, 1.82) is 0 Å². The van der Waals surface area contributed by atoms with Gasteiger partial charge in [0, 0.05) is 12.6 Å². The third-order valence-corrected chi connectivity index (χ3v) is 3.39. The molecule has 9 heteroatoms. The first-order chi connectivity index (χ1) is 11.7. The van der Waals surface area contributed by atoms with Crippen LogP contribution in [0.1, 0.15) is 39.4 Å². The van der Waals surface area contributed by atoms with Crippen LogP contribution in [0.5, 0.6) is 0 Å². The van der Waals surface area contributed by atoms with E-state index in [-0.39, 0.29) is 5.82 Å². The number of amides is 2. The average Bonchev–Trinajstić information content (AvgIpc) is 3.12. The molecule has 1 atom stereocenters. The Bertz CT molecular complexity index is 649. The van der Waals surface area contributed by atoms with E-state index in [2.05, 4.69) is 10.5 Å². The number of nitrogens with zero attached hydrogens (tertiary/aromatic N) is 2. The van der Waals surface area contributed by atoms with Crippen LogP contribution < -0.4 is 5.32 Å². The summed E-state index contributed by atoms with van der Waals surface area (Å²) in [5, 5.41) is 6.06. The molecule has 0 aromatic carbocycles. The maximum Gasteiger partial charge on any atom is 0.411 e. The first-order valence-corrected chi connectivity index (χ1v) is 8.05. The average molecular weight is 353 g/mol. The van der Waals surface area contributed by atoms with Gasteiger partial charge in [-0.15, -0.1) is 0 Å². The monoisotopic (exact) mass is 353 g/mol. The van der Waals surface area contributed by atoms with E-state index in [0.29, 0.717) is 25.1 Å². The molecule has 0 aliphatic carbocycles. The van der Waals surface area contributed by atoms with Crippen molar-refractivity contribution in [2.45, 2.75) is 52.2 Å². The maximum absolute atomic E-state index is 12.2. The van der Waals surface area contributed by atoms with Crippen LogP contribution in [-0.4, -0.2) is 52.8 Å². The molecule has 2 amide bonds. The second kappa shape index (κ2) is 7.54. The number of aromatic nitrogens is 1. The summed E-state index contributed by atoms with van der Waals surface area (Å²) in [6, 6.07) is 0.804. The van der Waals surface area contributed by atoms with Crippen LogP contribution >= 0.6 is 0 Å². The lowest BCUT2D eigenvalue weighted by molar-refractivity contribution is -0.151. The van der Waals surface area contributed by atoms with E-state index in [1.54, 1.807) is 33.8 Å². The van der Waals surface area contributed by atoms with Crippen molar-refractivity contribution in [3.63, 3.8) is 0 Å². The predicted molar refractivity (Wildman–Crippen MR) is 86.8 cm³/mol. The van der Waals surface area contributed by atoms with Gasteiger partial charge >= 0.3 is 12.1 Å². The van der Waals surface area contributed by atoms with Gasteiger partial charge in [-0.2, -0.15) is 0 Å². The summed E-state index contributed by atoms with van der Waals surface area (Å²) in [5.74, 6) is -0.376. The van der Waals surface area contributed by atoms with Crippen molar-refractivity contribution in [3.05, 3.63) is 11.8 Å². The van der Waals surface area contributed by atoms with E-state index in [9.17, 15) is 14.4 Å². The van der Waals surface area contributed by atoms with Gasteiger partial charge < -0.3 is 19.3 Å². The Kier molecular flexibility index (Phi) is 5.66. The number of nitrogens with one attached hydrogen (secondary N) is 1. The molecule has 0 spiro atoms. The topological polar surface area (TPSA) is 111 Å². The molecule has 25 heavy (non-hydrogen) atoms. The van der Waals surface area contributed by atoms with Crippen LogP contribution in [0, 0.1) is 6.92 Å². The Hall–Kier alpha value is -2.58. The van der Waals surface area contributed by atoms with Gasteiger partial charge in [-0.25, -0.2) is 9.59 Å². The Labute approximate surface area is 145 Å². The number of carbonyl (C=O) groups excluding carboxylic acids is 3. The van der Waals surface area contributed by atoms with Crippen molar-refractivity contribution in [2.75, 3.05) is 18.5 Å². The minimum atomic E-state index is -0.739.